The highest BCUT2D eigenvalue weighted by atomic mass is 16.5. The molecule has 176 valence electrons. The van der Waals surface area contributed by atoms with Gasteiger partial charge in [0, 0.05) is 37.8 Å². The van der Waals surface area contributed by atoms with E-state index in [1.165, 1.54) is 37.8 Å². The number of hydrogen-bond acceptors (Lipinski definition) is 4. The molecule has 4 fully saturated rings. The van der Waals surface area contributed by atoms with E-state index in [0.717, 1.165) is 43.4 Å². The molecule has 1 aromatic carbocycles. The zero-order valence-corrected chi connectivity index (χ0v) is 19.6. The number of amides is 2. The summed E-state index contributed by atoms with van der Waals surface area (Å²) in [6.07, 6.45) is 10.3. The third-order valence-electron chi connectivity index (χ3n) is 8.80. The Morgan fingerprint density at radius 3 is 2.73 bits per heavy atom. The molecule has 2 amide bonds. The highest BCUT2D eigenvalue weighted by molar-refractivity contribution is 6.00. The van der Waals surface area contributed by atoms with Crippen LogP contribution in [0.2, 0.25) is 0 Å². The van der Waals surface area contributed by atoms with Gasteiger partial charge in [0.25, 0.3) is 0 Å². The van der Waals surface area contributed by atoms with E-state index in [4.69, 9.17) is 4.74 Å². The third kappa shape index (κ3) is 3.67. The number of fused-ring (bicyclic) bond motifs is 6. The maximum absolute atomic E-state index is 13.8. The summed E-state index contributed by atoms with van der Waals surface area (Å²) in [6.45, 7) is 3.66. The lowest BCUT2D eigenvalue weighted by atomic mass is 9.68. The molecule has 5 aliphatic rings. The number of ether oxygens (including phenoxy) is 1. The topological polar surface area (TPSA) is 53.1 Å². The molecule has 1 aliphatic carbocycles. The predicted molar refractivity (Wildman–Crippen MR) is 127 cm³/mol. The molecule has 6 heteroatoms. The number of carbonyl (C=O) groups is 2. The van der Waals surface area contributed by atoms with E-state index >= 15 is 0 Å². The number of nitrogens with zero attached hydrogens (tertiary/aromatic N) is 3. The quantitative estimate of drug-likeness (QED) is 0.663. The van der Waals surface area contributed by atoms with Crippen LogP contribution in [0.5, 0.6) is 5.75 Å². The highest BCUT2D eigenvalue weighted by Gasteiger charge is 2.48. The molecule has 4 saturated heterocycles. The van der Waals surface area contributed by atoms with Crippen LogP contribution in [-0.4, -0.2) is 67.0 Å². The summed E-state index contributed by atoms with van der Waals surface area (Å²) < 4.78 is 5.24. The molecule has 33 heavy (non-hydrogen) atoms. The molecule has 0 radical (unpaired) electrons. The number of methoxy groups -OCH3 is 1. The van der Waals surface area contributed by atoms with Crippen LogP contribution in [0.4, 0.5) is 5.69 Å². The summed E-state index contributed by atoms with van der Waals surface area (Å²) in [6, 6.07) is 8.52. The third-order valence-corrected chi connectivity index (χ3v) is 8.80. The van der Waals surface area contributed by atoms with E-state index in [1.54, 1.807) is 12.0 Å². The minimum absolute atomic E-state index is 0.0452. The van der Waals surface area contributed by atoms with Gasteiger partial charge in [-0.25, -0.2) is 0 Å². The molecule has 0 spiro atoms. The first-order valence-corrected chi connectivity index (χ1v) is 12.8. The van der Waals surface area contributed by atoms with Gasteiger partial charge in [-0.3, -0.25) is 14.5 Å². The molecule has 1 aromatic rings. The Kier molecular flexibility index (Phi) is 5.44. The Morgan fingerprint density at radius 1 is 1.06 bits per heavy atom. The van der Waals surface area contributed by atoms with Gasteiger partial charge < -0.3 is 14.5 Å². The fourth-order valence-corrected chi connectivity index (χ4v) is 7.34. The molecule has 6 rings (SSSR count). The molecule has 5 atom stereocenters. The summed E-state index contributed by atoms with van der Waals surface area (Å²) >= 11 is 0. The van der Waals surface area contributed by atoms with Crippen molar-refractivity contribution in [3.05, 3.63) is 35.9 Å². The van der Waals surface area contributed by atoms with Crippen LogP contribution < -0.4 is 9.64 Å². The van der Waals surface area contributed by atoms with Crippen molar-refractivity contribution in [2.75, 3.05) is 38.2 Å². The first kappa shape index (κ1) is 21.2. The summed E-state index contributed by atoms with van der Waals surface area (Å²) in [5.74, 6) is 1.97. The van der Waals surface area contributed by atoms with E-state index in [-0.39, 0.29) is 23.8 Å². The second-order valence-electron chi connectivity index (χ2n) is 10.6. The summed E-state index contributed by atoms with van der Waals surface area (Å²) in [5.41, 5.74) is 2.36. The van der Waals surface area contributed by atoms with Crippen molar-refractivity contribution in [3.63, 3.8) is 0 Å². The summed E-state index contributed by atoms with van der Waals surface area (Å²) in [7, 11) is 1.64. The number of likely N-dealkylation sites (tertiary alicyclic amines) is 1. The first-order valence-electron chi connectivity index (χ1n) is 12.8. The molecule has 0 N–H and O–H groups in total. The average molecular weight is 450 g/mol. The van der Waals surface area contributed by atoms with Gasteiger partial charge in [0.2, 0.25) is 11.8 Å². The van der Waals surface area contributed by atoms with Crippen molar-refractivity contribution in [3.8, 4) is 5.75 Å². The van der Waals surface area contributed by atoms with Gasteiger partial charge in [0.1, 0.15) is 5.75 Å². The first-order chi connectivity index (χ1) is 16.1. The Balaban J connectivity index is 1.21. The maximum Gasteiger partial charge on any atom is 0.228 e. The average Bonchev–Trinajstić information content (AvgIpc) is 3.25. The number of hydrogen-bond donors (Lipinski definition) is 0. The van der Waals surface area contributed by atoms with Crippen LogP contribution in [0.25, 0.3) is 0 Å². The smallest absolute Gasteiger partial charge is 0.228 e. The van der Waals surface area contributed by atoms with Crippen LogP contribution >= 0.6 is 0 Å². The largest absolute Gasteiger partial charge is 0.497 e. The molecular formula is C27H35N3O3. The van der Waals surface area contributed by atoms with Gasteiger partial charge in [-0.05, 0) is 74.8 Å². The van der Waals surface area contributed by atoms with Gasteiger partial charge in [-0.1, -0.05) is 18.1 Å². The van der Waals surface area contributed by atoms with E-state index in [1.807, 2.05) is 24.3 Å². The number of carbonyl (C=O) groups excluding carboxylic acids is 2. The van der Waals surface area contributed by atoms with Crippen molar-refractivity contribution >= 4 is 17.5 Å². The molecule has 6 nitrogen and oxygen atoms in total. The molecule has 4 heterocycles. The van der Waals surface area contributed by atoms with Gasteiger partial charge >= 0.3 is 0 Å². The zero-order valence-electron chi connectivity index (χ0n) is 19.6. The lowest BCUT2D eigenvalue weighted by Crippen LogP contribution is -2.60. The van der Waals surface area contributed by atoms with Crippen LogP contribution in [0.15, 0.2) is 35.9 Å². The van der Waals surface area contributed by atoms with E-state index in [2.05, 4.69) is 15.9 Å². The second kappa shape index (κ2) is 8.46. The maximum atomic E-state index is 13.8. The zero-order chi connectivity index (χ0) is 22.5. The molecule has 0 unspecified atom stereocenters. The Labute approximate surface area is 196 Å². The monoisotopic (exact) mass is 449 g/mol. The summed E-state index contributed by atoms with van der Waals surface area (Å²) in [5, 5.41) is 0. The minimum atomic E-state index is -0.247. The number of piperidine rings is 3. The lowest BCUT2D eigenvalue weighted by molar-refractivity contribution is -0.140. The van der Waals surface area contributed by atoms with Gasteiger partial charge in [-0.2, -0.15) is 0 Å². The lowest BCUT2D eigenvalue weighted by Gasteiger charge is -2.55. The van der Waals surface area contributed by atoms with Crippen LogP contribution in [-0.2, 0) is 9.59 Å². The molecule has 0 aromatic heterocycles. The Morgan fingerprint density at radius 2 is 1.91 bits per heavy atom. The van der Waals surface area contributed by atoms with E-state index in [9.17, 15) is 9.59 Å². The number of benzene rings is 1. The molecule has 0 saturated carbocycles. The van der Waals surface area contributed by atoms with Crippen molar-refractivity contribution < 1.29 is 14.3 Å². The normalized spacial score (nSPS) is 33.9. The highest BCUT2D eigenvalue weighted by Crippen LogP contribution is 2.45. The minimum Gasteiger partial charge on any atom is -0.497 e. The second-order valence-corrected chi connectivity index (χ2v) is 10.6. The molecule has 4 aliphatic heterocycles. The fourth-order valence-electron chi connectivity index (χ4n) is 7.34. The van der Waals surface area contributed by atoms with E-state index in [0.29, 0.717) is 24.8 Å². The summed E-state index contributed by atoms with van der Waals surface area (Å²) in [4.78, 5) is 33.3. The van der Waals surface area contributed by atoms with Crippen molar-refractivity contribution in [1.82, 2.24) is 9.80 Å². The Hall–Kier alpha value is -2.34. The standard InChI is InChI=1S/C27H35N3O3/c1-33-23-9-7-22(8-10-23)30-17-21(15-25(30)31)27(32)29-12-4-5-18-13-19-14-20(26(18)29)16-28-11-3-2-6-24(19)28/h7-10,13,19-21,24,26H,2-6,11-12,14-17H2,1H3/t19-,20+,21-,24+,26+/m1/s1. The van der Waals surface area contributed by atoms with Crippen molar-refractivity contribution in [1.29, 1.82) is 0 Å². The number of rotatable bonds is 3. The van der Waals surface area contributed by atoms with Gasteiger partial charge in [0.15, 0.2) is 0 Å². The SMILES string of the molecule is COc1ccc(N2C[C@H](C(=O)N3CCCC4=C[C@@H]5C[C@@H](CN6CCCC[C@@H]56)[C@H]43)CC2=O)cc1. The van der Waals surface area contributed by atoms with Crippen LogP contribution in [0.1, 0.15) is 44.9 Å². The predicted octanol–water partition coefficient (Wildman–Crippen LogP) is 3.47. The van der Waals surface area contributed by atoms with Crippen molar-refractivity contribution in [2.24, 2.45) is 17.8 Å². The van der Waals surface area contributed by atoms with E-state index < -0.39 is 0 Å². The molecule has 2 bridgehead atoms. The van der Waals surface area contributed by atoms with Crippen LogP contribution in [0.3, 0.4) is 0 Å². The fraction of sp³-hybridized carbons (Fsp3) is 0.630. The van der Waals surface area contributed by atoms with Crippen molar-refractivity contribution in [2.45, 2.75) is 57.0 Å². The van der Waals surface area contributed by atoms with Crippen LogP contribution in [0, 0.1) is 17.8 Å². The van der Waals surface area contributed by atoms with Gasteiger partial charge in [-0.15, -0.1) is 0 Å². The number of anilines is 1. The Bertz CT molecular complexity index is 958. The molecular weight excluding hydrogens is 414 g/mol. The van der Waals surface area contributed by atoms with Gasteiger partial charge in [0.05, 0.1) is 19.1 Å².